The molecule has 0 bridgehead atoms. The van der Waals surface area contributed by atoms with Gasteiger partial charge < -0.3 is 10.4 Å². The van der Waals surface area contributed by atoms with Crippen molar-refractivity contribution in [1.29, 1.82) is 0 Å². The third-order valence-corrected chi connectivity index (χ3v) is 1.91. The van der Waals surface area contributed by atoms with Crippen LogP contribution in [0.4, 0.5) is 0 Å². The third-order valence-electron chi connectivity index (χ3n) is 1.91. The summed E-state index contributed by atoms with van der Waals surface area (Å²) in [5.41, 5.74) is 1.79. The van der Waals surface area contributed by atoms with E-state index in [1.165, 1.54) is 0 Å². The van der Waals surface area contributed by atoms with Crippen LogP contribution in [0.1, 0.15) is 11.1 Å². The van der Waals surface area contributed by atoms with E-state index in [0.29, 0.717) is 6.42 Å². The largest absolute Gasteiger partial charge is 0.384 e. The average Bonchev–Trinajstić information content (AvgIpc) is 2.28. The van der Waals surface area contributed by atoms with Gasteiger partial charge in [0.2, 0.25) is 5.91 Å². The molecule has 2 N–H and O–H groups in total. The number of aliphatic hydroxyl groups excluding tert-OH is 1. The molecule has 78 valence electrons. The summed E-state index contributed by atoms with van der Waals surface area (Å²) in [6.45, 7) is -0.139. The zero-order valence-electron chi connectivity index (χ0n) is 8.58. The molecule has 1 aromatic carbocycles. The van der Waals surface area contributed by atoms with Crippen LogP contribution in [0.3, 0.4) is 0 Å². The second kappa shape index (κ2) is 5.84. The lowest BCUT2D eigenvalue weighted by Crippen LogP contribution is -2.19. The topological polar surface area (TPSA) is 49.3 Å². The van der Waals surface area contributed by atoms with Gasteiger partial charge in [-0.3, -0.25) is 4.79 Å². The Morgan fingerprint density at radius 3 is 2.60 bits per heavy atom. The standard InChI is InChI=1S/C12H13NO2/c1-13-12(15)9-11-6-4-10(5-7-11)3-2-8-14/h4-7,14H,8-9H2,1H3,(H,13,15). The summed E-state index contributed by atoms with van der Waals surface area (Å²) in [6.07, 6.45) is 0.379. The maximum absolute atomic E-state index is 11.1. The summed E-state index contributed by atoms with van der Waals surface area (Å²) in [7, 11) is 1.61. The first-order chi connectivity index (χ1) is 7.26. The SMILES string of the molecule is CNC(=O)Cc1ccc(C#CCO)cc1. The fraction of sp³-hybridized carbons (Fsp3) is 0.250. The molecule has 0 aliphatic heterocycles. The number of carbonyl (C=O) groups excluding carboxylic acids is 1. The molecule has 0 aliphatic rings. The Morgan fingerprint density at radius 1 is 1.40 bits per heavy atom. The Hall–Kier alpha value is -1.79. The monoisotopic (exact) mass is 203 g/mol. The highest BCUT2D eigenvalue weighted by molar-refractivity contribution is 5.78. The first-order valence-corrected chi connectivity index (χ1v) is 4.65. The van der Waals surface area contributed by atoms with E-state index in [4.69, 9.17) is 5.11 Å². The van der Waals surface area contributed by atoms with Crippen molar-refractivity contribution in [3.8, 4) is 11.8 Å². The Balaban J connectivity index is 2.68. The summed E-state index contributed by atoms with van der Waals surface area (Å²) in [5.74, 6) is 5.34. The van der Waals surface area contributed by atoms with Crippen molar-refractivity contribution in [1.82, 2.24) is 5.32 Å². The van der Waals surface area contributed by atoms with Crippen molar-refractivity contribution >= 4 is 5.91 Å². The molecule has 0 aromatic heterocycles. The summed E-state index contributed by atoms with van der Waals surface area (Å²) in [6, 6.07) is 7.38. The molecule has 0 saturated heterocycles. The predicted molar refractivity (Wildman–Crippen MR) is 58.2 cm³/mol. The van der Waals surface area contributed by atoms with Gasteiger partial charge in [-0.15, -0.1) is 0 Å². The number of aliphatic hydroxyl groups is 1. The van der Waals surface area contributed by atoms with E-state index in [-0.39, 0.29) is 12.5 Å². The van der Waals surface area contributed by atoms with Crippen molar-refractivity contribution in [3.05, 3.63) is 35.4 Å². The zero-order chi connectivity index (χ0) is 11.1. The van der Waals surface area contributed by atoms with Gasteiger partial charge in [-0.25, -0.2) is 0 Å². The highest BCUT2D eigenvalue weighted by Crippen LogP contribution is 2.03. The quantitative estimate of drug-likeness (QED) is 0.680. The van der Waals surface area contributed by atoms with E-state index < -0.39 is 0 Å². The van der Waals surface area contributed by atoms with Crippen LogP contribution in [0, 0.1) is 11.8 Å². The smallest absolute Gasteiger partial charge is 0.224 e. The minimum Gasteiger partial charge on any atom is -0.384 e. The van der Waals surface area contributed by atoms with Gasteiger partial charge in [-0.05, 0) is 17.7 Å². The Labute approximate surface area is 89.1 Å². The number of amides is 1. The second-order valence-electron chi connectivity index (χ2n) is 3.01. The van der Waals surface area contributed by atoms with E-state index in [0.717, 1.165) is 11.1 Å². The lowest BCUT2D eigenvalue weighted by molar-refractivity contribution is -0.119. The van der Waals surface area contributed by atoms with Crippen LogP contribution in [0.2, 0.25) is 0 Å². The maximum atomic E-state index is 11.1. The molecule has 0 saturated carbocycles. The number of hydrogen-bond acceptors (Lipinski definition) is 2. The van der Waals surface area contributed by atoms with Crippen molar-refractivity contribution in [2.24, 2.45) is 0 Å². The van der Waals surface area contributed by atoms with Crippen LogP contribution in [0.5, 0.6) is 0 Å². The molecule has 0 spiro atoms. The molecule has 0 atom stereocenters. The lowest BCUT2D eigenvalue weighted by Gasteiger charge is -1.99. The fourth-order valence-corrected chi connectivity index (χ4v) is 1.12. The molecule has 15 heavy (non-hydrogen) atoms. The number of hydrogen-bond donors (Lipinski definition) is 2. The summed E-state index contributed by atoms with van der Waals surface area (Å²) in [5, 5.41) is 11.1. The number of likely N-dealkylation sites (N-methyl/N-ethyl adjacent to an activating group) is 1. The maximum Gasteiger partial charge on any atom is 0.224 e. The lowest BCUT2D eigenvalue weighted by atomic mass is 10.1. The highest BCUT2D eigenvalue weighted by Gasteiger charge is 1.99. The van der Waals surface area contributed by atoms with Crippen LogP contribution in [-0.2, 0) is 11.2 Å². The van der Waals surface area contributed by atoms with Gasteiger partial charge >= 0.3 is 0 Å². The fourth-order valence-electron chi connectivity index (χ4n) is 1.12. The molecule has 1 aromatic rings. The summed E-state index contributed by atoms with van der Waals surface area (Å²) < 4.78 is 0. The number of carbonyl (C=O) groups is 1. The van der Waals surface area contributed by atoms with Crippen molar-refractivity contribution in [3.63, 3.8) is 0 Å². The molecule has 0 aliphatic carbocycles. The van der Waals surface area contributed by atoms with E-state index in [9.17, 15) is 4.79 Å². The number of rotatable bonds is 2. The predicted octanol–water partition coefficient (Wildman–Crippen LogP) is 0.319. The molecular weight excluding hydrogens is 190 g/mol. The molecule has 0 heterocycles. The molecule has 0 radical (unpaired) electrons. The van der Waals surface area contributed by atoms with Gasteiger partial charge in [0.15, 0.2) is 0 Å². The summed E-state index contributed by atoms with van der Waals surface area (Å²) in [4.78, 5) is 11.1. The van der Waals surface area contributed by atoms with Crippen LogP contribution >= 0.6 is 0 Å². The van der Waals surface area contributed by atoms with E-state index >= 15 is 0 Å². The first kappa shape index (κ1) is 11.3. The van der Waals surface area contributed by atoms with Gasteiger partial charge in [0.05, 0.1) is 6.42 Å². The van der Waals surface area contributed by atoms with E-state index in [1.807, 2.05) is 24.3 Å². The third kappa shape index (κ3) is 3.84. The molecule has 3 heteroatoms. The van der Waals surface area contributed by atoms with Crippen LogP contribution in [-0.4, -0.2) is 24.7 Å². The van der Waals surface area contributed by atoms with E-state index in [1.54, 1.807) is 7.05 Å². The minimum atomic E-state index is -0.139. The first-order valence-electron chi connectivity index (χ1n) is 4.65. The van der Waals surface area contributed by atoms with Gasteiger partial charge in [0.1, 0.15) is 6.61 Å². The van der Waals surface area contributed by atoms with Crippen LogP contribution in [0.15, 0.2) is 24.3 Å². The van der Waals surface area contributed by atoms with Crippen LogP contribution in [0.25, 0.3) is 0 Å². The molecule has 1 rings (SSSR count). The summed E-state index contributed by atoms with van der Waals surface area (Å²) >= 11 is 0. The zero-order valence-corrected chi connectivity index (χ0v) is 8.58. The van der Waals surface area contributed by atoms with Gasteiger partial charge in [-0.2, -0.15) is 0 Å². The Bertz CT molecular complexity index is 384. The van der Waals surface area contributed by atoms with Crippen molar-refractivity contribution in [2.75, 3.05) is 13.7 Å². The van der Waals surface area contributed by atoms with Crippen molar-refractivity contribution in [2.45, 2.75) is 6.42 Å². The van der Waals surface area contributed by atoms with E-state index in [2.05, 4.69) is 17.2 Å². The van der Waals surface area contributed by atoms with Crippen molar-refractivity contribution < 1.29 is 9.90 Å². The van der Waals surface area contributed by atoms with Gasteiger partial charge in [0.25, 0.3) is 0 Å². The number of nitrogens with one attached hydrogen (secondary N) is 1. The molecular formula is C12H13NO2. The Morgan fingerprint density at radius 2 is 2.07 bits per heavy atom. The molecule has 0 unspecified atom stereocenters. The van der Waals surface area contributed by atoms with Gasteiger partial charge in [0, 0.05) is 12.6 Å². The normalized spacial score (nSPS) is 8.93. The number of benzene rings is 1. The average molecular weight is 203 g/mol. The Kier molecular flexibility index (Phi) is 4.39. The van der Waals surface area contributed by atoms with Crippen LogP contribution < -0.4 is 5.32 Å². The molecule has 3 nitrogen and oxygen atoms in total. The second-order valence-corrected chi connectivity index (χ2v) is 3.01. The molecule has 0 fully saturated rings. The minimum absolute atomic E-state index is 0.0100. The van der Waals surface area contributed by atoms with Gasteiger partial charge in [-0.1, -0.05) is 24.0 Å². The molecule has 1 amide bonds. The highest BCUT2D eigenvalue weighted by atomic mass is 16.2.